The molecule has 3 rings (SSSR count). The summed E-state index contributed by atoms with van der Waals surface area (Å²) in [6.45, 7) is 0. The molecule has 3 aromatic rings. The Bertz CT molecular complexity index is 1150. The van der Waals surface area contributed by atoms with Crippen molar-refractivity contribution in [3.63, 3.8) is 0 Å². The fourth-order valence-electron chi connectivity index (χ4n) is 2.53. The van der Waals surface area contributed by atoms with Gasteiger partial charge in [-0.3, -0.25) is 20.2 Å². The predicted molar refractivity (Wildman–Crippen MR) is 117 cm³/mol. The maximum Gasteiger partial charge on any atom is 0.312 e. The Kier molecular flexibility index (Phi) is 6.56. The van der Waals surface area contributed by atoms with Crippen molar-refractivity contribution < 1.29 is 18.9 Å². The standard InChI is InChI=1S/C19H13Cl2N3O5S/c1-28-16-5-3-11(9-14(16)24(26)27)22-19(30)23-18(25)17-7-6-15(29-17)12-8-10(20)2-4-13(12)21/h2-9H,1H3,(H2,22,23,25,30). The Balaban J connectivity index is 1.70. The number of halogens is 2. The molecule has 0 bridgehead atoms. The second-order valence-corrected chi connectivity index (χ2v) is 7.09. The number of nitro groups is 1. The van der Waals surface area contributed by atoms with E-state index in [0.29, 0.717) is 27.1 Å². The molecule has 1 aromatic heterocycles. The van der Waals surface area contributed by atoms with Gasteiger partial charge in [0, 0.05) is 22.3 Å². The summed E-state index contributed by atoms with van der Waals surface area (Å²) in [5.41, 5.74) is 0.596. The second kappa shape index (κ2) is 9.12. The van der Waals surface area contributed by atoms with Gasteiger partial charge in [-0.05, 0) is 54.7 Å². The third-order valence-corrected chi connectivity index (χ3v) is 4.65. The summed E-state index contributed by atoms with van der Waals surface area (Å²) in [5, 5.41) is 17.1. The molecule has 0 fully saturated rings. The van der Waals surface area contributed by atoms with Crippen LogP contribution in [0.2, 0.25) is 10.0 Å². The van der Waals surface area contributed by atoms with Gasteiger partial charge in [-0.25, -0.2) is 0 Å². The second-order valence-electron chi connectivity index (χ2n) is 5.84. The van der Waals surface area contributed by atoms with Crippen LogP contribution >= 0.6 is 35.4 Å². The average molecular weight is 466 g/mol. The summed E-state index contributed by atoms with van der Waals surface area (Å²) in [6.07, 6.45) is 0. The van der Waals surface area contributed by atoms with Crippen LogP contribution in [0.5, 0.6) is 5.75 Å². The fourth-order valence-corrected chi connectivity index (χ4v) is 3.12. The van der Waals surface area contributed by atoms with Gasteiger partial charge in [0.2, 0.25) is 0 Å². The van der Waals surface area contributed by atoms with Gasteiger partial charge in [0.25, 0.3) is 5.91 Å². The van der Waals surface area contributed by atoms with Crippen LogP contribution in [0.4, 0.5) is 11.4 Å². The smallest absolute Gasteiger partial charge is 0.312 e. The number of benzene rings is 2. The number of methoxy groups -OCH3 is 1. The zero-order chi connectivity index (χ0) is 21.8. The highest BCUT2D eigenvalue weighted by atomic mass is 35.5. The third kappa shape index (κ3) is 4.88. The number of carbonyl (C=O) groups is 1. The van der Waals surface area contributed by atoms with Crippen molar-refractivity contribution in [2.45, 2.75) is 0 Å². The van der Waals surface area contributed by atoms with Crippen molar-refractivity contribution in [2.24, 2.45) is 0 Å². The van der Waals surface area contributed by atoms with E-state index in [2.05, 4.69) is 10.6 Å². The summed E-state index contributed by atoms with van der Waals surface area (Å²) in [5.74, 6) is -0.161. The number of amides is 1. The van der Waals surface area contributed by atoms with E-state index in [9.17, 15) is 14.9 Å². The van der Waals surface area contributed by atoms with Crippen LogP contribution in [-0.4, -0.2) is 23.1 Å². The van der Waals surface area contributed by atoms with Gasteiger partial charge in [-0.2, -0.15) is 0 Å². The first-order chi connectivity index (χ1) is 14.3. The molecule has 30 heavy (non-hydrogen) atoms. The quantitative estimate of drug-likeness (QED) is 0.299. The molecule has 0 saturated heterocycles. The van der Waals surface area contributed by atoms with Crippen molar-refractivity contribution in [2.75, 3.05) is 12.4 Å². The van der Waals surface area contributed by atoms with Gasteiger partial charge in [-0.15, -0.1) is 0 Å². The van der Waals surface area contributed by atoms with Gasteiger partial charge in [0.05, 0.1) is 17.1 Å². The first-order valence-electron chi connectivity index (χ1n) is 8.28. The molecule has 0 saturated carbocycles. The number of carbonyl (C=O) groups excluding carboxylic acids is 1. The number of ether oxygens (including phenoxy) is 1. The Morgan fingerprint density at radius 2 is 1.93 bits per heavy atom. The van der Waals surface area contributed by atoms with Crippen LogP contribution in [0.1, 0.15) is 10.6 Å². The highest BCUT2D eigenvalue weighted by molar-refractivity contribution is 7.80. The average Bonchev–Trinajstić information content (AvgIpc) is 3.19. The molecule has 154 valence electrons. The Morgan fingerprint density at radius 3 is 2.63 bits per heavy atom. The van der Waals surface area contributed by atoms with Crippen LogP contribution in [0.15, 0.2) is 52.9 Å². The van der Waals surface area contributed by atoms with Crippen LogP contribution < -0.4 is 15.4 Å². The zero-order valence-electron chi connectivity index (χ0n) is 15.3. The molecule has 11 heteroatoms. The minimum Gasteiger partial charge on any atom is -0.490 e. The van der Waals surface area contributed by atoms with Gasteiger partial charge in [0.1, 0.15) is 5.76 Å². The maximum absolute atomic E-state index is 12.4. The van der Waals surface area contributed by atoms with E-state index >= 15 is 0 Å². The van der Waals surface area contributed by atoms with Crippen molar-refractivity contribution in [1.82, 2.24) is 5.32 Å². The highest BCUT2D eigenvalue weighted by Gasteiger charge is 2.18. The van der Waals surface area contributed by atoms with Crippen molar-refractivity contribution in [1.29, 1.82) is 0 Å². The van der Waals surface area contributed by atoms with E-state index in [1.165, 1.54) is 31.4 Å². The van der Waals surface area contributed by atoms with Crippen LogP contribution in [0.25, 0.3) is 11.3 Å². The Labute approximate surface area is 185 Å². The lowest BCUT2D eigenvalue weighted by atomic mass is 10.2. The third-order valence-electron chi connectivity index (χ3n) is 3.88. The summed E-state index contributed by atoms with van der Waals surface area (Å²) < 4.78 is 10.5. The molecule has 0 spiro atoms. The van der Waals surface area contributed by atoms with Gasteiger partial charge >= 0.3 is 5.69 Å². The lowest BCUT2D eigenvalue weighted by molar-refractivity contribution is -0.385. The van der Waals surface area contributed by atoms with Crippen LogP contribution in [0, 0.1) is 10.1 Å². The van der Waals surface area contributed by atoms with E-state index in [0.717, 1.165) is 0 Å². The highest BCUT2D eigenvalue weighted by Crippen LogP contribution is 2.32. The van der Waals surface area contributed by atoms with Crippen LogP contribution in [0.3, 0.4) is 0 Å². The Hall–Kier alpha value is -3.14. The largest absolute Gasteiger partial charge is 0.490 e. The lowest BCUT2D eigenvalue weighted by Crippen LogP contribution is -2.33. The van der Waals surface area contributed by atoms with Crippen LogP contribution in [-0.2, 0) is 0 Å². The molecule has 8 nitrogen and oxygen atoms in total. The fraction of sp³-hybridized carbons (Fsp3) is 0.0526. The molecule has 1 heterocycles. The van der Waals surface area contributed by atoms with Crippen molar-refractivity contribution >= 4 is 57.8 Å². The number of nitrogens with one attached hydrogen (secondary N) is 2. The molecule has 2 N–H and O–H groups in total. The molecule has 0 aliphatic carbocycles. The predicted octanol–water partition coefficient (Wildman–Crippen LogP) is 5.30. The van der Waals surface area contributed by atoms with Crippen molar-refractivity contribution in [3.05, 3.63) is 74.5 Å². The SMILES string of the molecule is COc1ccc(NC(=S)NC(=O)c2ccc(-c3cc(Cl)ccc3Cl)o2)cc1[N+](=O)[O-]. The number of hydrogen-bond donors (Lipinski definition) is 2. The number of nitro benzene ring substituents is 1. The Morgan fingerprint density at radius 1 is 1.17 bits per heavy atom. The summed E-state index contributed by atoms with van der Waals surface area (Å²) in [7, 11) is 1.33. The number of rotatable bonds is 5. The van der Waals surface area contributed by atoms with E-state index in [1.807, 2.05) is 0 Å². The van der Waals surface area contributed by atoms with E-state index in [-0.39, 0.29) is 22.3 Å². The number of hydrogen-bond acceptors (Lipinski definition) is 6. The number of nitrogens with zero attached hydrogens (tertiary/aromatic N) is 1. The molecule has 2 aromatic carbocycles. The first-order valence-corrected chi connectivity index (χ1v) is 9.45. The maximum atomic E-state index is 12.4. The topological polar surface area (TPSA) is 107 Å². The molecule has 0 aliphatic heterocycles. The molecule has 0 radical (unpaired) electrons. The first kappa shape index (κ1) is 21.6. The number of thiocarbonyl (C=S) groups is 1. The van der Waals surface area contributed by atoms with E-state index in [4.69, 9.17) is 44.6 Å². The van der Waals surface area contributed by atoms with E-state index < -0.39 is 10.8 Å². The molecule has 0 unspecified atom stereocenters. The summed E-state index contributed by atoms with van der Waals surface area (Å²) in [4.78, 5) is 22.9. The monoisotopic (exact) mass is 465 g/mol. The lowest BCUT2D eigenvalue weighted by Gasteiger charge is -2.09. The molecular formula is C19H13Cl2N3O5S. The minimum absolute atomic E-state index is 0.00842. The van der Waals surface area contributed by atoms with Gasteiger partial charge < -0.3 is 14.5 Å². The number of anilines is 1. The van der Waals surface area contributed by atoms with Crippen molar-refractivity contribution in [3.8, 4) is 17.1 Å². The molecule has 0 atom stereocenters. The van der Waals surface area contributed by atoms with Gasteiger partial charge in [0.15, 0.2) is 16.6 Å². The molecular weight excluding hydrogens is 453 g/mol. The minimum atomic E-state index is -0.611. The normalized spacial score (nSPS) is 10.4. The van der Waals surface area contributed by atoms with E-state index in [1.54, 1.807) is 24.3 Å². The summed E-state index contributed by atoms with van der Waals surface area (Å²) >= 11 is 17.2. The molecule has 0 aliphatic rings. The summed E-state index contributed by atoms with van der Waals surface area (Å²) in [6, 6.07) is 12.1. The number of furan rings is 1. The molecule has 1 amide bonds. The van der Waals surface area contributed by atoms with Gasteiger partial charge in [-0.1, -0.05) is 23.2 Å². The zero-order valence-corrected chi connectivity index (χ0v) is 17.6.